The van der Waals surface area contributed by atoms with Crippen LogP contribution < -0.4 is 9.47 Å². The smallest absolute Gasteiger partial charge is 0.267 e. The minimum Gasteiger partial charge on any atom is -0.335 e. The topological polar surface area (TPSA) is 116 Å². The highest BCUT2D eigenvalue weighted by molar-refractivity contribution is 8.04. The standard InChI is InChI=1S/C23H24Cl2N2O6S4/c1-14(36(28,29)30)7-9-26-18-11-16(24)3-5-20(18)34-22(26)13-23-27(10-8-15(2)37(31,32)33)19-12-17(25)4-6-21(19)35-23/h3-6,11-15H,7-10H2,1-2H3,(H-,28,29,30,31,32,33)/p+1. The van der Waals surface area contributed by atoms with Crippen molar-refractivity contribution in [3.05, 3.63) is 56.5 Å². The summed E-state index contributed by atoms with van der Waals surface area (Å²) in [5, 5.41) is 0.849. The molecule has 37 heavy (non-hydrogen) atoms. The molecule has 14 heteroatoms. The molecule has 2 unspecified atom stereocenters. The first-order valence-corrected chi connectivity index (χ1v) is 16.6. The molecule has 4 rings (SSSR count). The van der Waals surface area contributed by atoms with Crippen LogP contribution >= 0.6 is 46.3 Å². The maximum absolute atomic E-state index is 11.6. The number of anilines is 1. The van der Waals surface area contributed by atoms with Gasteiger partial charge in [0.1, 0.15) is 4.70 Å². The third-order valence-corrected chi connectivity index (χ3v) is 11.4. The van der Waals surface area contributed by atoms with Crippen molar-refractivity contribution in [2.24, 2.45) is 0 Å². The Hall–Kier alpha value is -1.38. The van der Waals surface area contributed by atoms with Crippen LogP contribution in [0.15, 0.2) is 46.3 Å². The van der Waals surface area contributed by atoms with Crippen molar-refractivity contribution in [2.75, 3.05) is 11.4 Å². The van der Waals surface area contributed by atoms with Crippen molar-refractivity contribution >= 4 is 88.5 Å². The second-order valence-corrected chi connectivity index (χ2v) is 15.4. The normalized spacial score (nSPS) is 16.9. The van der Waals surface area contributed by atoms with Gasteiger partial charge in [0.2, 0.25) is 5.52 Å². The number of aromatic nitrogens is 1. The first-order chi connectivity index (χ1) is 17.2. The molecule has 0 saturated heterocycles. The number of halogens is 2. The molecule has 2 atom stereocenters. The minimum atomic E-state index is -4.18. The summed E-state index contributed by atoms with van der Waals surface area (Å²) in [4.78, 5) is 2.92. The second-order valence-electron chi connectivity index (χ2n) is 8.78. The van der Waals surface area contributed by atoms with Crippen LogP contribution in [0, 0.1) is 0 Å². The van der Waals surface area contributed by atoms with E-state index in [4.69, 9.17) is 23.2 Å². The van der Waals surface area contributed by atoms with Gasteiger partial charge < -0.3 is 4.90 Å². The molecule has 2 aromatic carbocycles. The lowest BCUT2D eigenvalue weighted by Crippen LogP contribution is -2.37. The molecule has 0 aliphatic carbocycles. The van der Waals surface area contributed by atoms with Crippen molar-refractivity contribution in [1.82, 2.24) is 0 Å². The van der Waals surface area contributed by atoms with Crippen molar-refractivity contribution in [3.8, 4) is 0 Å². The summed E-state index contributed by atoms with van der Waals surface area (Å²) < 4.78 is 68.2. The van der Waals surface area contributed by atoms with E-state index in [1.54, 1.807) is 12.1 Å². The van der Waals surface area contributed by atoms with Crippen LogP contribution in [0.5, 0.6) is 0 Å². The van der Waals surface area contributed by atoms with E-state index in [1.807, 2.05) is 39.8 Å². The second kappa shape index (κ2) is 11.0. The van der Waals surface area contributed by atoms with Gasteiger partial charge in [-0.3, -0.25) is 9.11 Å². The Morgan fingerprint density at radius 3 is 2.27 bits per heavy atom. The summed E-state index contributed by atoms with van der Waals surface area (Å²) in [5.74, 6) is 0. The van der Waals surface area contributed by atoms with Crippen molar-refractivity contribution in [2.45, 2.75) is 48.6 Å². The Morgan fingerprint density at radius 1 is 0.973 bits per heavy atom. The summed E-state index contributed by atoms with van der Waals surface area (Å²) in [6, 6.07) is 11.0. The summed E-state index contributed by atoms with van der Waals surface area (Å²) in [5.41, 5.74) is 1.67. The maximum atomic E-state index is 11.6. The van der Waals surface area contributed by atoms with Gasteiger partial charge in [-0.05, 0) is 50.6 Å². The minimum absolute atomic E-state index is 0.191. The molecule has 1 aliphatic heterocycles. The number of fused-ring (bicyclic) bond motifs is 2. The van der Waals surface area contributed by atoms with Crippen molar-refractivity contribution < 1.29 is 30.5 Å². The molecule has 1 aliphatic rings. The number of benzene rings is 2. The van der Waals surface area contributed by atoms with Gasteiger partial charge in [0.25, 0.3) is 25.2 Å². The van der Waals surface area contributed by atoms with E-state index in [0.29, 0.717) is 23.1 Å². The van der Waals surface area contributed by atoms with E-state index < -0.39 is 30.7 Å². The Labute approximate surface area is 234 Å². The molecular weight excluding hydrogens is 599 g/mol. The zero-order valence-corrected chi connectivity index (χ0v) is 24.6. The lowest BCUT2D eigenvalue weighted by Gasteiger charge is -2.21. The van der Waals surface area contributed by atoms with E-state index in [2.05, 4.69) is 0 Å². The molecule has 2 heterocycles. The van der Waals surface area contributed by atoms with E-state index in [1.165, 1.54) is 36.9 Å². The number of nitrogens with zero attached hydrogens (tertiary/aromatic N) is 2. The van der Waals surface area contributed by atoms with Crippen LogP contribution in [0.3, 0.4) is 0 Å². The average molecular weight is 625 g/mol. The van der Waals surface area contributed by atoms with E-state index >= 15 is 0 Å². The molecule has 2 N–H and O–H groups in total. The van der Waals surface area contributed by atoms with Crippen LogP contribution in [-0.4, -0.2) is 43.0 Å². The maximum Gasteiger partial charge on any atom is 0.267 e. The SMILES string of the molecule is CC(CCN1C(=Cc2sc3ccc(Cl)cc3[n+]2CCC(C)S(=O)(=O)O)Sc2ccc(Cl)cc21)S(=O)(=O)O. The molecular formula is C23H25Cl2N2O6S4+. The van der Waals surface area contributed by atoms with Crippen LogP contribution in [0.25, 0.3) is 16.3 Å². The monoisotopic (exact) mass is 623 g/mol. The summed E-state index contributed by atoms with van der Waals surface area (Å²) in [6.07, 6.45) is 2.35. The molecule has 0 radical (unpaired) electrons. The highest BCUT2D eigenvalue weighted by atomic mass is 35.5. The molecule has 200 valence electrons. The Balaban J connectivity index is 1.76. The Kier molecular flexibility index (Phi) is 8.52. The van der Waals surface area contributed by atoms with Gasteiger partial charge in [0.15, 0.2) is 6.54 Å². The molecule has 1 aromatic heterocycles. The first-order valence-electron chi connectivity index (χ1n) is 11.2. The van der Waals surface area contributed by atoms with E-state index in [-0.39, 0.29) is 12.8 Å². The fraction of sp³-hybridized carbons (Fsp3) is 0.348. The number of thioether (sulfide) groups is 1. The number of hydrogen-bond donors (Lipinski definition) is 2. The van der Waals surface area contributed by atoms with Crippen molar-refractivity contribution in [1.29, 1.82) is 0 Å². The van der Waals surface area contributed by atoms with E-state index in [9.17, 15) is 25.9 Å². The number of rotatable bonds is 9. The Bertz CT molecular complexity index is 1590. The fourth-order valence-electron chi connectivity index (χ4n) is 3.85. The first kappa shape index (κ1) is 28.6. The zero-order chi connectivity index (χ0) is 27.1. The van der Waals surface area contributed by atoms with Crippen LogP contribution in [-0.2, 0) is 26.8 Å². The van der Waals surface area contributed by atoms with Crippen LogP contribution in [0.4, 0.5) is 5.69 Å². The van der Waals surface area contributed by atoms with E-state index in [0.717, 1.165) is 30.8 Å². The predicted octanol–water partition coefficient (Wildman–Crippen LogP) is 5.74. The molecule has 0 spiro atoms. The number of hydrogen-bond acceptors (Lipinski definition) is 7. The predicted molar refractivity (Wildman–Crippen MR) is 151 cm³/mol. The largest absolute Gasteiger partial charge is 0.335 e. The van der Waals surface area contributed by atoms with Crippen LogP contribution in [0.1, 0.15) is 31.7 Å². The molecule has 0 amide bonds. The fourth-order valence-corrected chi connectivity index (χ4v) is 7.27. The Morgan fingerprint density at radius 2 is 1.59 bits per heavy atom. The quantitative estimate of drug-likeness (QED) is 0.229. The molecule has 0 fully saturated rings. The lowest BCUT2D eigenvalue weighted by molar-refractivity contribution is -0.669. The van der Waals surface area contributed by atoms with Gasteiger partial charge in [-0.15, -0.1) is 0 Å². The third kappa shape index (κ3) is 6.62. The average Bonchev–Trinajstić information content (AvgIpc) is 3.31. The van der Waals surface area contributed by atoms with Gasteiger partial charge in [0, 0.05) is 34.0 Å². The van der Waals surface area contributed by atoms with Gasteiger partial charge >= 0.3 is 0 Å². The third-order valence-electron chi connectivity index (χ3n) is 6.17. The molecule has 0 bridgehead atoms. The molecule has 3 aromatic rings. The lowest BCUT2D eigenvalue weighted by atomic mass is 10.2. The van der Waals surface area contributed by atoms with Gasteiger partial charge in [-0.1, -0.05) is 46.3 Å². The summed E-state index contributed by atoms with van der Waals surface area (Å²) in [7, 11) is -8.35. The van der Waals surface area contributed by atoms with Gasteiger partial charge in [0.05, 0.1) is 27.3 Å². The summed E-state index contributed by atoms with van der Waals surface area (Å²) in [6.45, 7) is 3.56. The van der Waals surface area contributed by atoms with Crippen LogP contribution in [0.2, 0.25) is 10.0 Å². The van der Waals surface area contributed by atoms with Gasteiger partial charge in [-0.25, -0.2) is 0 Å². The number of thiazole rings is 1. The summed E-state index contributed by atoms with van der Waals surface area (Å²) >= 11 is 15.5. The zero-order valence-electron chi connectivity index (χ0n) is 19.8. The van der Waals surface area contributed by atoms with Gasteiger partial charge in [-0.2, -0.15) is 21.4 Å². The molecule has 0 saturated carbocycles. The number of aryl methyl sites for hydroxylation is 1. The highest BCUT2D eigenvalue weighted by Crippen LogP contribution is 2.48. The van der Waals surface area contributed by atoms with Crippen molar-refractivity contribution in [3.63, 3.8) is 0 Å². The highest BCUT2D eigenvalue weighted by Gasteiger charge is 2.30. The molecule has 8 nitrogen and oxygen atoms in total.